The number of rotatable bonds is 1. The molecule has 1 heterocycles. The summed E-state index contributed by atoms with van der Waals surface area (Å²) in [6, 6.07) is 0. The molecule has 1 aliphatic rings. The van der Waals surface area contributed by atoms with Crippen LogP contribution in [-0.4, -0.2) is 26.6 Å². The molecule has 1 saturated heterocycles. The Labute approximate surface area is 43.0 Å². The number of nitrogens with zero attached hydrogens (tertiary/aromatic N) is 1. The number of nitrogens with one attached hydrogen (secondary N) is 1. The Morgan fingerprint density at radius 1 is 1.86 bits per heavy atom. The van der Waals surface area contributed by atoms with Gasteiger partial charge in [0.25, 0.3) is 0 Å². The lowest BCUT2D eigenvalue weighted by Gasteiger charge is -2.02. The molecule has 0 spiro atoms. The zero-order valence-electron chi connectivity index (χ0n) is 4.35. The predicted molar refractivity (Wildman–Crippen MR) is 25.8 cm³/mol. The van der Waals surface area contributed by atoms with Gasteiger partial charge in [-0.15, -0.1) is 0 Å². The minimum Gasteiger partial charge on any atom is -0.365 e. The normalized spacial score (nSPS) is 31.3. The topological polar surface area (TPSA) is 35.4 Å². The van der Waals surface area contributed by atoms with Crippen LogP contribution in [-0.2, 0) is 4.74 Å². The third kappa shape index (κ3) is 1.12. The first kappa shape index (κ1) is 5.03. The summed E-state index contributed by atoms with van der Waals surface area (Å²) in [5, 5.41) is 7.02. The van der Waals surface area contributed by atoms with E-state index < -0.39 is 0 Å². The minimum atomic E-state index is 0.181. The van der Waals surface area contributed by atoms with Crippen molar-refractivity contribution < 1.29 is 4.74 Å². The van der Waals surface area contributed by atoms with Crippen molar-refractivity contribution >= 4 is 0 Å². The van der Waals surface area contributed by atoms with Crippen molar-refractivity contribution in [1.29, 1.82) is 0 Å². The second kappa shape index (κ2) is 2.26. The molecule has 1 rings (SSSR count). The highest BCUT2D eigenvalue weighted by Crippen LogP contribution is 1.86. The molecule has 0 aliphatic carbocycles. The molecule has 41 valence electrons. The maximum absolute atomic E-state index is 4.91. The largest absolute Gasteiger partial charge is 0.365 e. The van der Waals surface area contributed by atoms with E-state index in [4.69, 9.17) is 4.74 Å². The monoisotopic (exact) mass is 101 g/mol. The summed E-state index contributed by atoms with van der Waals surface area (Å²) in [4.78, 5) is 0. The van der Waals surface area contributed by atoms with Gasteiger partial charge in [-0.05, 0) is 0 Å². The molecular formula is C4H9N2O. The van der Waals surface area contributed by atoms with Crippen LogP contribution < -0.4 is 10.6 Å². The van der Waals surface area contributed by atoms with Crippen LogP contribution in [0.2, 0.25) is 0 Å². The second-order valence-electron chi connectivity index (χ2n) is 1.49. The van der Waals surface area contributed by atoms with Gasteiger partial charge < -0.3 is 4.74 Å². The van der Waals surface area contributed by atoms with Crippen molar-refractivity contribution in [1.82, 2.24) is 10.6 Å². The molecule has 0 aromatic heterocycles. The van der Waals surface area contributed by atoms with Crippen LogP contribution in [0.25, 0.3) is 0 Å². The van der Waals surface area contributed by atoms with Crippen LogP contribution in [0.3, 0.4) is 0 Å². The maximum atomic E-state index is 4.91. The van der Waals surface area contributed by atoms with E-state index in [0.29, 0.717) is 0 Å². The molecular weight excluding hydrogens is 92.1 g/mol. The van der Waals surface area contributed by atoms with Crippen molar-refractivity contribution in [3.63, 3.8) is 0 Å². The SMILES string of the molecule is COC1C[N]CN1. The zero-order valence-corrected chi connectivity index (χ0v) is 4.35. The minimum absolute atomic E-state index is 0.181. The first-order chi connectivity index (χ1) is 3.43. The lowest BCUT2D eigenvalue weighted by atomic mass is 10.6. The molecule has 3 nitrogen and oxygen atoms in total. The van der Waals surface area contributed by atoms with Crippen LogP contribution in [0, 0.1) is 0 Å². The highest BCUT2D eigenvalue weighted by molar-refractivity contribution is 4.63. The van der Waals surface area contributed by atoms with Crippen LogP contribution in [0.4, 0.5) is 0 Å². The Balaban J connectivity index is 2.14. The predicted octanol–water partition coefficient (Wildman–Crippen LogP) is -0.876. The van der Waals surface area contributed by atoms with E-state index >= 15 is 0 Å². The molecule has 0 aromatic carbocycles. The van der Waals surface area contributed by atoms with Gasteiger partial charge in [0.2, 0.25) is 0 Å². The zero-order chi connectivity index (χ0) is 5.11. The van der Waals surface area contributed by atoms with E-state index in [1.54, 1.807) is 7.11 Å². The molecule has 0 aromatic rings. The van der Waals surface area contributed by atoms with Gasteiger partial charge >= 0.3 is 0 Å². The quantitative estimate of drug-likeness (QED) is 0.465. The molecule has 1 aliphatic heterocycles. The summed E-state index contributed by atoms with van der Waals surface area (Å²) in [5.41, 5.74) is 0. The Morgan fingerprint density at radius 2 is 2.71 bits per heavy atom. The second-order valence-corrected chi connectivity index (χ2v) is 1.49. The molecule has 0 bridgehead atoms. The fourth-order valence-electron chi connectivity index (χ4n) is 0.571. The van der Waals surface area contributed by atoms with Crippen LogP contribution in [0.1, 0.15) is 0 Å². The van der Waals surface area contributed by atoms with Gasteiger partial charge in [0.05, 0.1) is 13.2 Å². The third-order valence-corrected chi connectivity index (χ3v) is 1.01. The van der Waals surface area contributed by atoms with Crippen molar-refractivity contribution in [2.75, 3.05) is 20.3 Å². The summed E-state index contributed by atoms with van der Waals surface area (Å²) < 4.78 is 4.91. The van der Waals surface area contributed by atoms with Crippen molar-refractivity contribution in [3.05, 3.63) is 0 Å². The van der Waals surface area contributed by atoms with E-state index in [2.05, 4.69) is 10.6 Å². The van der Waals surface area contributed by atoms with Gasteiger partial charge in [-0.25, -0.2) is 5.32 Å². The smallest absolute Gasteiger partial charge is 0.123 e. The Morgan fingerprint density at radius 3 is 3.00 bits per heavy atom. The number of methoxy groups -OCH3 is 1. The number of ether oxygens (including phenoxy) is 1. The highest BCUT2D eigenvalue weighted by Gasteiger charge is 2.11. The molecule has 1 atom stereocenters. The van der Waals surface area contributed by atoms with Gasteiger partial charge in [-0.1, -0.05) is 0 Å². The Bertz CT molecular complexity index is 51.7. The summed E-state index contributed by atoms with van der Waals surface area (Å²) in [7, 11) is 1.68. The van der Waals surface area contributed by atoms with E-state index in [9.17, 15) is 0 Å². The summed E-state index contributed by atoms with van der Waals surface area (Å²) in [5.74, 6) is 0. The van der Waals surface area contributed by atoms with Crippen LogP contribution in [0.5, 0.6) is 0 Å². The molecule has 1 N–H and O–H groups in total. The van der Waals surface area contributed by atoms with E-state index in [0.717, 1.165) is 13.2 Å². The maximum Gasteiger partial charge on any atom is 0.123 e. The van der Waals surface area contributed by atoms with Gasteiger partial charge in [0, 0.05) is 7.11 Å². The lowest BCUT2D eigenvalue weighted by Crippen LogP contribution is -2.24. The highest BCUT2D eigenvalue weighted by atomic mass is 16.5. The van der Waals surface area contributed by atoms with E-state index in [1.807, 2.05) is 0 Å². The molecule has 0 saturated carbocycles. The molecule has 0 amide bonds. The van der Waals surface area contributed by atoms with Crippen LogP contribution in [0.15, 0.2) is 0 Å². The standard InChI is InChI=1S/C4H9N2O/c1-7-4-2-5-3-6-4/h4,6H,2-3H2,1H3. The van der Waals surface area contributed by atoms with Crippen molar-refractivity contribution in [2.24, 2.45) is 0 Å². The fraction of sp³-hybridized carbons (Fsp3) is 1.00. The first-order valence-electron chi connectivity index (χ1n) is 2.33. The molecule has 7 heavy (non-hydrogen) atoms. The van der Waals surface area contributed by atoms with Crippen LogP contribution >= 0.6 is 0 Å². The van der Waals surface area contributed by atoms with Crippen molar-refractivity contribution in [2.45, 2.75) is 6.23 Å². The molecule has 1 fully saturated rings. The van der Waals surface area contributed by atoms with Gasteiger partial charge in [0.1, 0.15) is 6.23 Å². The summed E-state index contributed by atoms with van der Waals surface area (Å²) in [6.07, 6.45) is 0.181. The van der Waals surface area contributed by atoms with Gasteiger partial charge in [0.15, 0.2) is 0 Å². The third-order valence-electron chi connectivity index (χ3n) is 1.01. The van der Waals surface area contributed by atoms with E-state index in [-0.39, 0.29) is 6.23 Å². The summed E-state index contributed by atoms with van der Waals surface area (Å²) in [6.45, 7) is 1.55. The van der Waals surface area contributed by atoms with Gasteiger partial charge in [-0.3, -0.25) is 5.32 Å². The van der Waals surface area contributed by atoms with Crippen molar-refractivity contribution in [3.8, 4) is 0 Å². The molecule has 1 unspecified atom stereocenters. The average molecular weight is 101 g/mol. The fourth-order valence-corrected chi connectivity index (χ4v) is 0.571. The molecule has 3 heteroatoms. The van der Waals surface area contributed by atoms with E-state index in [1.165, 1.54) is 0 Å². The van der Waals surface area contributed by atoms with Gasteiger partial charge in [-0.2, -0.15) is 0 Å². The number of hydrogen-bond donors (Lipinski definition) is 1. The molecule has 1 radical (unpaired) electrons. The average Bonchev–Trinajstić information content (AvgIpc) is 2.14. The first-order valence-corrected chi connectivity index (χ1v) is 2.33. The Hall–Kier alpha value is -0.120. The Kier molecular flexibility index (Phi) is 1.62. The summed E-state index contributed by atoms with van der Waals surface area (Å²) >= 11 is 0. The number of hydrogen-bond acceptors (Lipinski definition) is 2. The lowest BCUT2D eigenvalue weighted by molar-refractivity contribution is 0.101.